The van der Waals surface area contributed by atoms with Gasteiger partial charge in [0, 0.05) is 12.8 Å². The van der Waals surface area contributed by atoms with Gasteiger partial charge in [-0.25, -0.2) is 4.57 Å². The Balaban J connectivity index is 4.14. The molecule has 0 aliphatic rings. The molecular weight excluding hydrogens is 711 g/mol. The maximum atomic E-state index is 12.5. The van der Waals surface area contributed by atoms with Gasteiger partial charge in [-0.3, -0.25) is 18.6 Å². The Labute approximate surface area is 337 Å². The summed E-state index contributed by atoms with van der Waals surface area (Å²) >= 11 is 0. The third kappa shape index (κ3) is 41.2. The molecule has 318 valence electrons. The fraction of sp³-hybridized carbons (Fsp3) is 0.739. The third-order valence-corrected chi connectivity index (χ3v) is 10.1. The monoisotopic (exact) mass is 793 g/mol. The van der Waals surface area contributed by atoms with Crippen molar-refractivity contribution in [3.8, 4) is 0 Å². The minimum absolute atomic E-state index is 0.0115. The second kappa shape index (κ2) is 41.4. The highest BCUT2D eigenvalue weighted by Gasteiger charge is 2.25. The molecule has 0 amide bonds. The SMILES string of the molecule is CC/C=C\C/C=C\C/C=C\C/C=C\C/C=C\CCCC(=O)OC(COC(=O)CCCCCCCCCCCCCCCCCCCC)COP(=O)(O)OCC. The van der Waals surface area contributed by atoms with Gasteiger partial charge in [0.15, 0.2) is 6.10 Å². The van der Waals surface area contributed by atoms with Crippen LogP contribution < -0.4 is 0 Å². The number of esters is 2. The van der Waals surface area contributed by atoms with E-state index >= 15 is 0 Å². The Morgan fingerprint density at radius 3 is 1.38 bits per heavy atom. The summed E-state index contributed by atoms with van der Waals surface area (Å²) in [5.41, 5.74) is 0. The second-order valence-corrected chi connectivity index (χ2v) is 15.8. The lowest BCUT2D eigenvalue weighted by molar-refractivity contribution is -0.161. The van der Waals surface area contributed by atoms with Crippen molar-refractivity contribution in [2.45, 2.75) is 200 Å². The summed E-state index contributed by atoms with van der Waals surface area (Å²) in [5.74, 6) is -0.863. The fourth-order valence-corrected chi connectivity index (χ4v) is 6.66. The average Bonchev–Trinajstić information content (AvgIpc) is 3.16. The quantitative estimate of drug-likeness (QED) is 0.0283. The lowest BCUT2D eigenvalue weighted by Gasteiger charge is -2.19. The zero-order valence-electron chi connectivity index (χ0n) is 35.3. The first-order valence-corrected chi connectivity index (χ1v) is 23.6. The van der Waals surface area contributed by atoms with E-state index in [1.54, 1.807) is 6.92 Å². The van der Waals surface area contributed by atoms with E-state index < -0.39 is 26.5 Å². The van der Waals surface area contributed by atoms with Crippen LogP contribution in [0.2, 0.25) is 0 Å². The Bertz CT molecular complexity index is 1080. The molecule has 0 saturated heterocycles. The van der Waals surface area contributed by atoms with Crippen LogP contribution in [0.25, 0.3) is 0 Å². The molecule has 0 aliphatic carbocycles. The van der Waals surface area contributed by atoms with Gasteiger partial charge < -0.3 is 14.4 Å². The summed E-state index contributed by atoms with van der Waals surface area (Å²) in [6, 6.07) is 0. The van der Waals surface area contributed by atoms with Crippen LogP contribution in [0.4, 0.5) is 0 Å². The predicted molar refractivity (Wildman–Crippen MR) is 230 cm³/mol. The molecule has 0 spiro atoms. The van der Waals surface area contributed by atoms with E-state index in [9.17, 15) is 19.0 Å². The van der Waals surface area contributed by atoms with E-state index in [0.717, 1.165) is 51.4 Å². The molecule has 9 heteroatoms. The molecule has 0 aromatic rings. The number of hydrogen-bond donors (Lipinski definition) is 1. The molecule has 0 heterocycles. The first-order valence-electron chi connectivity index (χ1n) is 22.1. The second-order valence-electron chi connectivity index (χ2n) is 14.3. The minimum Gasteiger partial charge on any atom is -0.462 e. The fourth-order valence-electron chi connectivity index (χ4n) is 5.90. The van der Waals surface area contributed by atoms with Crippen molar-refractivity contribution in [3.63, 3.8) is 0 Å². The van der Waals surface area contributed by atoms with E-state index in [4.69, 9.17) is 18.5 Å². The number of carbonyl (C=O) groups is 2. The van der Waals surface area contributed by atoms with Crippen molar-refractivity contribution >= 4 is 19.8 Å². The molecule has 2 unspecified atom stereocenters. The standard InChI is InChI=1S/C46H81O8P/c1-4-7-9-11-13-15-17-19-21-23-25-26-28-30-32-34-36-38-40-45(47)51-42-44(43-53-55(49,50)52-6-3)54-46(48)41-39-37-35-33-31-29-27-24-22-20-18-16-14-12-10-8-5-2/h8,10,14,16,20,22,27,29,33,35,44H,4-7,9,11-13,15,17-19,21,23-26,28,30-32,34,36-43H2,1-3H3,(H,49,50)/b10-8-,16-14-,22-20-,29-27-,35-33-. The zero-order chi connectivity index (χ0) is 40.3. The van der Waals surface area contributed by atoms with Crippen molar-refractivity contribution in [2.24, 2.45) is 0 Å². The molecule has 0 aromatic carbocycles. The number of phosphoric acid groups is 1. The third-order valence-electron chi connectivity index (χ3n) is 9.09. The molecule has 0 aliphatic heterocycles. The molecule has 8 nitrogen and oxygen atoms in total. The molecule has 0 fully saturated rings. The highest BCUT2D eigenvalue weighted by atomic mass is 31.2. The van der Waals surface area contributed by atoms with Gasteiger partial charge in [-0.2, -0.15) is 0 Å². The van der Waals surface area contributed by atoms with Crippen LogP contribution in [0.15, 0.2) is 60.8 Å². The van der Waals surface area contributed by atoms with Gasteiger partial charge in [0.1, 0.15) is 6.61 Å². The molecular formula is C46H81O8P. The molecule has 0 bridgehead atoms. The van der Waals surface area contributed by atoms with E-state index in [1.807, 2.05) is 6.08 Å². The van der Waals surface area contributed by atoms with Gasteiger partial charge in [0.2, 0.25) is 0 Å². The van der Waals surface area contributed by atoms with Crippen molar-refractivity contribution in [3.05, 3.63) is 60.8 Å². The van der Waals surface area contributed by atoms with Gasteiger partial charge >= 0.3 is 19.8 Å². The lowest BCUT2D eigenvalue weighted by Crippen LogP contribution is -2.29. The van der Waals surface area contributed by atoms with Crippen LogP contribution >= 0.6 is 7.82 Å². The van der Waals surface area contributed by atoms with E-state index in [0.29, 0.717) is 12.8 Å². The Kier molecular flexibility index (Phi) is 39.7. The summed E-state index contributed by atoms with van der Waals surface area (Å²) in [7, 11) is -4.30. The molecule has 0 radical (unpaired) electrons. The number of carbonyl (C=O) groups excluding carboxylic acids is 2. The Morgan fingerprint density at radius 1 is 0.509 bits per heavy atom. The highest BCUT2D eigenvalue weighted by molar-refractivity contribution is 7.47. The predicted octanol–water partition coefficient (Wildman–Crippen LogP) is 13.9. The topological polar surface area (TPSA) is 108 Å². The van der Waals surface area contributed by atoms with Crippen LogP contribution in [0, 0.1) is 0 Å². The number of allylic oxidation sites excluding steroid dienone is 10. The number of ether oxygens (including phenoxy) is 2. The normalized spacial score (nSPS) is 13.9. The maximum absolute atomic E-state index is 12.5. The van der Waals surface area contributed by atoms with Crippen molar-refractivity contribution in [1.29, 1.82) is 0 Å². The van der Waals surface area contributed by atoms with E-state index in [1.165, 1.54) is 96.3 Å². The summed E-state index contributed by atoms with van der Waals surface area (Å²) in [6.45, 7) is 5.31. The largest absolute Gasteiger partial charge is 0.472 e. The van der Waals surface area contributed by atoms with Crippen LogP contribution in [-0.2, 0) is 32.7 Å². The zero-order valence-corrected chi connectivity index (χ0v) is 36.2. The number of hydrogen-bond acceptors (Lipinski definition) is 7. The van der Waals surface area contributed by atoms with Crippen LogP contribution in [0.1, 0.15) is 194 Å². The Hall–Kier alpha value is -2.25. The smallest absolute Gasteiger partial charge is 0.462 e. The number of rotatable bonds is 40. The van der Waals surface area contributed by atoms with Gasteiger partial charge in [-0.05, 0) is 58.3 Å². The molecule has 2 atom stereocenters. The lowest BCUT2D eigenvalue weighted by atomic mass is 10.0. The van der Waals surface area contributed by atoms with Crippen molar-refractivity contribution in [1.82, 2.24) is 0 Å². The first-order chi connectivity index (χ1) is 26.8. The van der Waals surface area contributed by atoms with Gasteiger partial charge in [0.05, 0.1) is 13.2 Å². The highest BCUT2D eigenvalue weighted by Crippen LogP contribution is 2.43. The van der Waals surface area contributed by atoms with Crippen LogP contribution in [0.3, 0.4) is 0 Å². The van der Waals surface area contributed by atoms with Gasteiger partial charge in [0.25, 0.3) is 0 Å². The summed E-state index contributed by atoms with van der Waals surface area (Å²) in [5, 5.41) is 0. The van der Waals surface area contributed by atoms with E-state index in [2.05, 4.69) is 68.5 Å². The number of unbranched alkanes of at least 4 members (excludes halogenated alkanes) is 18. The van der Waals surface area contributed by atoms with Crippen molar-refractivity contribution in [2.75, 3.05) is 19.8 Å². The maximum Gasteiger partial charge on any atom is 0.472 e. The molecule has 55 heavy (non-hydrogen) atoms. The van der Waals surface area contributed by atoms with Crippen LogP contribution in [0.5, 0.6) is 0 Å². The molecule has 0 aromatic heterocycles. The van der Waals surface area contributed by atoms with Crippen molar-refractivity contribution < 1.29 is 37.6 Å². The van der Waals surface area contributed by atoms with E-state index in [-0.39, 0.29) is 32.0 Å². The van der Waals surface area contributed by atoms with Gasteiger partial charge in [-0.15, -0.1) is 0 Å². The van der Waals surface area contributed by atoms with Crippen LogP contribution in [-0.4, -0.2) is 42.8 Å². The Morgan fingerprint density at radius 2 is 0.927 bits per heavy atom. The van der Waals surface area contributed by atoms with Gasteiger partial charge in [-0.1, -0.05) is 184 Å². The molecule has 0 saturated carbocycles. The molecule has 0 rings (SSSR count). The molecule has 1 N–H and O–H groups in total. The summed E-state index contributed by atoms with van der Waals surface area (Å²) in [4.78, 5) is 34.7. The number of phosphoric ester groups is 1. The minimum atomic E-state index is -4.30. The summed E-state index contributed by atoms with van der Waals surface area (Å²) in [6.07, 6.45) is 50.0. The average molecular weight is 793 g/mol. The first kappa shape index (κ1) is 52.8. The summed E-state index contributed by atoms with van der Waals surface area (Å²) < 4.78 is 32.6.